The topological polar surface area (TPSA) is 106 Å². The van der Waals surface area contributed by atoms with Crippen molar-refractivity contribution in [3.8, 4) is 11.3 Å². The molecule has 39 heavy (non-hydrogen) atoms. The van der Waals surface area contributed by atoms with E-state index in [2.05, 4.69) is 38.7 Å². The lowest BCUT2D eigenvalue weighted by Crippen LogP contribution is -2.11. The van der Waals surface area contributed by atoms with Crippen LogP contribution in [-0.4, -0.2) is 27.4 Å². The SMILES string of the molecule is C=C/C=C(\C=C)c1cccc(-c2nc(Nc3cncc(NC(=O)CCCCCCCCCN)c3)ncc2Cl)c1. The maximum Gasteiger partial charge on any atom is 0.227 e. The summed E-state index contributed by atoms with van der Waals surface area (Å²) in [6.07, 6.45) is 18.5. The summed E-state index contributed by atoms with van der Waals surface area (Å²) in [7, 11) is 0. The number of halogens is 1. The quantitative estimate of drug-likeness (QED) is 0.126. The molecular formula is C31H37ClN6O. The molecule has 3 rings (SSSR count). The fraction of sp³-hybridized carbons (Fsp3) is 0.290. The first-order chi connectivity index (χ1) is 19.0. The van der Waals surface area contributed by atoms with Gasteiger partial charge in [-0.25, -0.2) is 9.97 Å². The van der Waals surface area contributed by atoms with E-state index < -0.39 is 0 Å². The molecule has 0 unspecified atom stereocenters. The summed E-state index contributed by atoms with van der Waals surface area (Å²) in [6.45, 7) is 8.41. The van der Waals surface area contributed by atoms with Gasteiger partial charge in [0.05, 0.1) is 40.7 Å². The maximum absolute atomic E-state index is 12.4. The molecule has 0 saturated carbocycles. The zero-order valence-corrected chi connectivity index (χ0v) is 23.1. The monoisotopic (exact) mass is 544 g/mol. The second-order valence-electron chi connectivity index (χ2n) is 9.18. The lowest BCUT2D eigenvalue weighted by Gasteiger charge is -2.11. The maximum atomic E-state index is 12.4. The number of benzene rings is 1. The highest BCUT2D eigenvalue weighted by Gasteiger charge is 2.11. The number of nitrogens with zero attached hydrogens (tertiary/aromatic N) is 3. The summed E-state index contributed by atoms with van der Waals surface area (Å²) < 4.78 is 0. The molecule has 2 heterocycles. The average molecular weight is 545 g/mol. The molecule has 0 radical (unpaired) electrons. The predicted octanol–water partition coefficient (Wildman–Crippen LogP) is 7.71. The van der Waals surface area contributed by atoms with Crippen LogP contribution >= 0.6 is 11.6 Å². The number of pyridine rings is 1. The zero-order valence-electron chi connectivity index (χ0n) is 22.3. The Bertz CT molecular complexity index is 1290. The van der Waals surface area contributed by atoms with Crippen molar-refractivity contribution in [2.24, 2.45) is 5.73 Å². The molecule has 0 aliphatic carbocycles. The van der Waals surface area contributed by atoms with Crippen LogP contribution in [0.5, 0.6) is 0 Å². The number of allylic oxidation sites excluding steroid dienone is 4. The molecule has 3 aromatic rings. The molecule has 0 bridgehead atoms. The van der Waals surface area contributed by atoms with E-state index in [1.165, 1.54) is 19.3 Å². The molecule has 2 aromatic heterocycles. The van der Waals surface area contributed by atoms with Crippen LogP contribution < -0.4 is 16.4 Å². The van der Waals surface area contributed by atoms with Crippen LogP contribution in [0.4, 0.5) is 17.3 Å². The molecule has 7 nitrogen and oxygen atoms in total. The first kappa shape index (κ1) is 29.7. The highest BCUT2D eigenvalue weighted by atomic mass is 35.5. The van der Waals surface area contributed by atoms with Crippen LogP contribution in [-0.2, 0) is 4.79 Å². The predicted molar refractivity (Wildman–Crippen MR) is 163 cm³/mol. The van der Waals surface area contributed by atoms with Crippen molar-refractivity contribution in [2.45, 2.75) is 51.4 Å². The molecule has 1 amide bonds. The summed E-state index contributed by atoms with van der Waals surface area (Å²) in [5.41, 5.74) is 10.1. The Labute approximate surface area is 236 Å². The molecule has 8 heteroatoms. The van der Waals surface area contributed by atoms with Gasteiger partial charge in [0, 0.05) is 12.0 Å². The third-order valence-corrected chi connectivity index (χ3v) is 6.39. The lowest BCUT2D eigenvalue weighted by atomic mass is 10.0. The van der Waals surface area contributed by atoms with E-state index in [9.17, 15) is 4.79 Å². The minimum absolute atomic E-state index is 0.0219. The van der Waals surface area contributed by atoms with E-state index in [1.807, 2.05) is 30.3 Å². The normalized spacial score (nSPS) is 11.2. The largest absolute Gasteiger partial charge is 0.330 e. The Morgan fingerprint density at radius 3 is 2.46 bits per heavy atom. The van der Waals surface area contributed by atoms with Gasteiger partial charge in [0.2, 0.25) is 11.9 Å². The standard InChI is InChI=1S/C31H37ClN6O/c1-3-13-23(4-2)24-14-12-15-25(18-24)30-28(32)22-35-31(38-30)37-27-19-26(20-34-21-27)36-29(39)16-10-8-6-5-7-9-11-17-33/h3-4,12-15,18-22H,1-2,5-11,16-17,33H2,(H,36,39)(H,35,37,38)/b23-13+. The van der Waals surface area contributed by atoms with E-state index in [-0.39, 0.29) is 5.91 Å². The van der Waals surface area contributed by atoms with E-state index in [1.54, 1.807) is 36.8 Å². The number of hydrogen-bond acceptors (Lipinski definition) is 6. The molecule has 1 aromatic carbocycles. The van der Waals surface area contributed by atoms with E-state index >= 15 is 0 Å². The van der Waals surface area contributed by atoms with Gasteiger partial charge in [-0.1, -0.05) is 93.3 Å². The first-order valence-electron chi connectivity index (χ1n) is 13.3. The third-order valence-electron chi connectivity index (χ3n) is 6.12. The molecule has 0 saturated heterocycles. The van der Waals surface area contributed by atoms with Crippen LogP contribution in [0.2, 0.25) is 5.02 Å². The Kier molecular flexibility index (Phi) is 12.4. The van der Waals surface area contributed by atoms with Crippen molar-refractivity contribution in [1.82, 2.24) is 15.0 Å². The molecule has 0 fully saturated rings. The third kappa shape index (κ3) is 9.78. The number of nitrogens with two attached hydrogens (primary N) is 1. The number of amides is 1. The van der Waals surface area contributed by atoms with E-state index in [0.717, 1.165) is 48.9 Å². The number of rotatable bonds is 16. The van der Waals surface area contributed by atoms with Gasteiger partial charge in [0.15, 0.2) is 0 Å². The lowest BCUT2D eigenvalue weighted by molar-refractivity contribution is -0.116. The van der Waals surface area contributed by atoms with Gasteiger partial charge < -0.3 is 16.4 Å². The summed E-state index contributed by atoms with van der Waals surface area (Å²) in [5, 5.41) is 6.52. The molecule has 0 spiro atoms. The number of carbonyl (C=O) groups excluding carboxylic acids is 1. The van der Waals surface area contributed by atoms with Crippen LogP contribution in [0, 0.1) is 0 Å². The molecule has 0 aliphatic rings. The van der Waals surface area contributed by atoms with Gasteiger partial charge in [-0.3, -0.25) is 9.78 Å². The number of aromatic nitrogens is 3. The summed E-state index contributed by atoms with van der Waals surface area (Å²) in [5.74, 6) is 0.341. The average Bonchev–Trinajstić information content (AvgIpc) is 2.94. The molecular weight excluding hydrogens is 508 g/mol. The van der Waals surface area contributed by atoms with Crippen LogP contribution in [0.3, 0.4) is 0 Å². The number of hydrogen-bond donors (Lipinski definition) is 3. The Morgan fingerprint density at radius 2 is 1.72 bits per heavy atom. The number of unbranched alkanes of at least 4 members (excludes halogenated alkanes) is 6. The van der Waals surface area contributed by atoms with Crippen molar-refractivity contribution in [3.63, 3.8) is 0 Å². The second kappa shape index (κ2) is 16.2. The van der Waals surface area contributed by atoms with Gasteiger partial charge in [0.25, 0.3) is 0 Å². The minimum atomic E-state index is -0.0219. The molecule has 4 N–H and O–H groups in total. The van der Waals surface area contributed by atoms with Gasteiger partial charge >= 0.3 is 0 Å². The summed E-state index contributed by atoms with van der Waals surface area (Å²) in [6, 6.07) is 9.67. The van der Waals surface area contributed by atoms with Crippen LogP contribution in [0.1, 0.15) is 56.9 Å². The highest BCUT2D eigenvalue weighted by molar-refractivity contribution is 6.32. The Morgan fingerprint density at radius 1 is 0.974 bits per heavy atom. The second-order valence-corrected chi connectivity index (χ2v) is 9.59. The van der Waals surface area contributed by atoms with E-state index in [4.69, 9.17) is 17.3 Å². The number of nitrogens with one attached hydrogen (secondary N) is 2. The van der Waals surface area contributed by atoms with Gasteiger partial charge in [-0.05, 0) is 42.7 Å². The van der Waals surface area contributed by atoms with Gasteiger partial charge in [0.1, 0.15) is 0 Å². The van der Waals surface area contributed by atoms with Crippen molar-refractivity contribution in [3.05, 3.63) is 90.9 Å². The molecule has 0 aliphatic heterocycles. The highest BCUT2D eigenvalue weighted by Crippen LogP contribution is 2.29. The Hall–Kier alpha value is -3.81. The van der Waals surface area contributed by atoms with Crippen LogP contribution in [0.15, 0.2) is 80.3 Å². The number of anilines is 3. The first-order valence-corrected chi connectivity index (χ1v) is 13.7. The minimum Gasteiger partial charge on any atom is -0.330 e. The van der Waals surface area contributed by atoms with Crippen molar-refractivity contribution in [1.29, 1.82) is 0 Å². The van der Waals surface area contributed by atoms with Crippen molar-refractivity contribution in [2.75, 3.05) is 17.2 Å². The smallest absolute Gasteiger partial charge is 0.227 e. The number of carbonyl (C=O) groups is 1. The van der Waals surface area contributed by atoms with Crippen LogP contribution in [0.25, 0.3) is 16.8 Å². The van der Waals surface area contributed by atoms with Crippen molar-refractivity contribution < 1.29 is 4.79 Å². The van der Waals surface area contributed by atoms with Gasteiger partial charge in [-0.15, -0.1) is 0 Å². The zero-order chi connectivity index (χ0) is 27.9. The molecule has 204 valence electrons. The Balaban J connectivity index is 1.61. The van der Waals surface area contributed by atoms with Gasteiger partial charge in [-0.2, -0.15) is 0 Å². The fourth-order valence-corrected chi connectivity index (χ4v) is 4.33. The molecule has 0 atom stereocenters. The summed E-state index contributed by atoms with van der Waals surface area (Å²) in [4.78, 5) is 25.6. The van der Waals surface area contributed by atoms with E-state index in [0.29, 0.717) is 34.5 Å². The summed E-state index contributed by atoms with van der Waals surface area (Å²) >= 11 is 6.46. The fourth-order valence-electron chi connectivity index (χ4n) is 4.13. The van der Waals surface area contributed by atoms with Crippen molar-refractivity contribution >= 4 is 40.4 Å².